The van der Waals surface area contributed by atoms with Gasteiger partial charge in [-0.25, -0.2) is 0 Å². The minimum atomic E-state index is -4.78. The first-order valence-electron chi connectivity index (χ1n) is 5.88. The van der Waals surface area contributed by atoms with Crippen molar-refractivity contribution in [3.05, 3.63) is 0 Å². The van der Waals surface area contributed by atoms with E-state index in [0.717, 1.165) is 25.8 Å². The number of hydrogen-bond acceptors (Lipinski definition) is 3. The third kappa shape index (κ3) is 7.64. The van der Waals surface area contributed by atoms with Crippen LogP contribution in [-0.4, -0.2) is 50.0 Å². The van der Waals surface area contributed by atoms with Gasteiger partial charge in [-0.05, 0) is 33.0 Å². The molecule has 7 nitrogen and oxygen atoms in total. The molecule has 0 fully saturated rings. The summed E-state index contributed by atoms with van der Waals surface area (Å²) in [5.74, 6) is 0. The molecule has 0 atom stereocenters. The van der Waals surface area contributed by atoms with Crippen LogP contribution in [0.25, 0.3) is 0 Å². The summed E-state index contributed by atoms with van der Waals surface area (Å²) < 4.78 is 22.1. The monoisotopic (exact) mass is 303 g/mol. The van der Waals surface area contributed by atoms with Gasteiger partial charge in [-0.1, -0.05) is 19.8 Å². The molecule has 0 aromatic heterocycles. The molecular weight excluding hydrogens is 280 g/mol. The summed E-state index contributed by atoms with van der Waals surface area (Å²) in [6, 6.07) is 0. The van der Waals surface area contributed by atoms with Crippen molar-refractivity contribution in [3.63, 3.8) is 0 Å². The van der Waals surface area contributed by atoms with Crippen molar-refractivity contribution < 1.29 is 28.7 Å². The highest BCUT2D eigenvalue weighted by Crippen LogP contribution is 2.61. The van der Waals surface area contributed by atoms with Crippen LogP contribution in [0.5, 0.6) is 0 Å². The van der Waals surface area contributed by atoms with E-state index in [0.29, 0.717) is 0 Å². The molecule has 0 heterocycles. The fraction of sp³-hybridized carbons (Fsp3) is 1.00. The number of hydrogen-bond donors (Lipinski definition) is 4. The predicted octanol–water partition coefficient (Wildman–Crippen LogP) is 1.18. The van der Waals surface area contributed by atoms with Gasteiger partial charge in [-0.2, -0.15) is 0 Å². The van der Waals surface area contributed by atoms with E-state index in [2.05, 4.69) is 6.92 Å². The fourth-order valence-corrected chi connectivity index (χ4v) is 4.08. The van der Waals surface area contributed by atoms with Gasteiger partial charge in [-0.15, -0.1) is 0 Å². The molecule has 0 aliphatic rings. The molecule has 0 aromatic rings. The molecular formula is C9H23NO6P2. The zero-order chi connectivity index (χ0) is 14.4. The minimum absolute atomic E-state index is 0.211. The SMILES string of the molecule is CCCCCN(C)CCC(P(=O)(O)O)P(=O)(O)O. The van der Waals surface area contributed by atoms with E-state index in [9.17, 15) is 9.13 Å². The van der Waals surface area contributed by atoms with Gasteiger partial charge in [0.25, 0.3) is 0 Å². The van der Waals surface area contributed by atoms with Crippen LogP contribution in [0.15, 0.2) is 0 Å². The maximum atomic E-state index is 11.0. The van der Waals surface area contributed by atoms with Crippen LogP contribution in [0.4, 0.5) is 0 Å². The van der Waals surface area contributed by atoms with E-state index >= 15 is 0 Å². The molecule has 0 radical (unpaired) electrons. The summed E-state index contributed by atoms with van der Waals surface area (Å²) >= 11 is 0. The molecule has 9 heteroatoms. The Morgan fingerprint density at radius 3 is 1.89 bits per heavy atom. The summed E-state index contributed by atoms with van der Waals surface area (Å²) in [5.41, 5.74) is 0. The fourth-order valence-electron chi connectivity index (χ4n) is 1.61. The van der Waals surface area contributed by atoms with Gasteiger partial charge in [0.2, 0.25) is 0 Å². The highest BCUT2D eigenvalue weighted by atomic mass is 31.2. The van der Waals surface area contributed by atoms with E-state index in [1.807, 2.05) is 4.90 Å². The number of unbranched alkanes of at least 4 members (excludes halogenated alkanes) is 2. The molecule has 0 spiro atoms. The Morgan fingerprint density at radius 1 is 1.00 bits per heavy atom. The zero-order valence-corrected chi connectivity index (χ0v) is 12.6. The van der Waals surface area contributed by atoms with E-state index in [-0.39, 0.29) is 13.0 Å². The van der Waals surface area contributed by atoms with Crippen molar-refractivity contribution in [3.8, 4) is 0 Å². The maximum Gasteiger partial charge on any atom is 0.340 e. The van der Waals surface area contributed by atoms with Gasteiger partial charge >= 0.3 is 15.2 Å². The lowest BCUT2D eigenvalue weighted by Gasteiger charge is -2.23. The van der Waals surface area contributed by atoms with Crippen molar-refractivity contribution in [2.24, 2.45) is 0 Å². The van der Waals surface area contributed by atoms with E-state index in [4.69, 9.17) is 19.6 Å². The molecule has 0 saturated carbocycles. The Labute approximate surface area is 108 Å². The molecule has 0 bridgehead atoms. The largest absolute Gasteiger partial charge is 0.340 e. The van der Waals surface area contributed by atoms with Crippen molar-refractivity contribution in [2.75, 3.05) is 20.1 Å². The second kappa shape index (κ2) is 7.75. The molecule has 0 rings (SSSR count). The second-order valence-corrected chi connectivity index (χ2v) is 8.47. The van der Waals surface area contributed by atoms with E-state index in [1.165, 1.54) is 0 Å². The summed E-state index contributed by atoms with van der Waals surface area (Å²) in [7, 11) is -7.78. The summed E-state index contributed by atoms with van der Waals surface area (Å²) in [4.78, 5) is 37.6. The molecule has 0 aromatic carbocycles. The Balaban J connectivity index is 4.29. The van der Waals surface area contributed by atoms with Gasteiger partial charge in [0.15, 0.2) is 5.40 Å². The Hall–Kier alpha value is 0.260. The van der Waals surface area contributed by atoms with Crippen molar-refractivity contribution in [1.29, 1.82) is 0 Å². The highest BCUT2D eigenvalue weighted by molar-refractivity contribution is 7.70. The van der Waals surface area contributed by atoms with Gasteiger partial charge in [-0.3, -0.25) is 9.13 Å². The molecule has 110 valence electrons. The molecule has 18 heavy (non-hydrogen) atoms. The lowest BCUT2D eigenvalue weighted by molar-refractivity contribution is 0.300. The van der Waals surface area contributed by atoms with Crippen LogP contribution in [0.3, 0.4) is 0 Å². The summed E-state index contributed by atoms with van der Waals surface area (Å²) in [5, 5.41) is -1.89. The highest BCUT2D eigenvalue weighted by Gasteiger charge is 2.42. The standard InChI is InChI=1S/C9H23NO6P2/c1-3-4-5-7-10(2)8-6-9(17(11,12)13)18(14,15)16/h9H,3-8H2,1-2H3,(H2,11,12,13)(H2,14,15,16). The average Bonchev–Trinajstić information content (AvgIpc) is 2.13. The lowest BCUT2D eigenvalue weighted by Crippen LogP contribution is -2.24. The van der Waals surface area contributed by atoms with Crippen LogP contribution in [0.1, 0.15) is 32.6 Å². The average molecular weight is 303 g/mol. The summed E-state index contributed by atoms with van der Waals surface area (Å²) in [6.07, 6.45) is 2.88. The number of nitrogens with zero attached hydrogens (tertiary/aromatic N) is 1. The van der Waals surface area contributed by atoms with Gasteiger partial charge in [0.1, 0.15) is 0 Å². The van der Waals surface area contributed by atoms with Crippen LogP contribution in [0, 0.1) is 0 Å². The molecule has 0 unspecified atom stereocenters. The van der Waals surface area contributed by atoms with Gasteiger partial charge < -0.3 is 24.5 Å². The first-order chi connectivity index (χ1) is 8.09. The molecule has 0 aliphatic carbocycles. The normalized spacial score (nSPS) is 13.6. The topological polar surface area (TPSA) is 118 Å². The van der Waals surface area contributed by atoms with Crippen molar-refractivity contribution >= 4 is 15.2 Å². The Bertz CT molecular complexity index is 303. The maximum absolute atomic E-state index is 11.0. The first-order valence-corrected chi connectivity index (χ1v) is 9.24. The quantitative estimate of drug-likeness (QED) is 0.373. The van der Waals surface area contributed by atoms with Crippen molar-refractivity contribution in [1.82, 2.24) is 4.90 Å². The van der Waals surface area contributed by atoms with Crippen LogP contribution < -0.4 is 0 Å². The van der Waals surface area contributed by atoms with Crippen LogP contribution in [0.2, 0.25) is 0 Å². The molecule has 0 saturated heterocycles. The third-order valence-electron chi connectivity index (χ3n) is 2.69. The van der Waals surface area contributed by atoms with Crippen molar-refractivity contribution in [2.45, 2.75) is 38.0 Å². The number of rotatable bonds is 9. The predicted molar refractivity (Wildman–Crippen MR) is 69.5 cm³/mol. The molecule has 4 N–H and O–H groups in total. The van der Waals surface area contributed by atoms with Gasteiger partial charge in [0, 0.05) is 0 Å². The first kappa shape index (κ1) is 18.3. The minimum Gasteiger partial charge on any atom is -0.324 e. The zero-order valence-electron chi connectivity index (χ0n) is 10.8. The molecule has 0 amide bonds. The Morgan fingerprint density at radius 2 is 1.50 bits per heavy atom. The lowest BCUT2D eigenvalue weighted by atomic mass is 10.2. The summed E-state index contributed by atoms with van der Waals surface area (Å²) in [6.45, 7) is 3.07. The smallest absolute Gasteiger partial charge is 0.324 e. The molecule has 0 aliphatic heterocycles. The van der Waals surface area contributed by atoms with E-state index in [1.54, 1.807) is 7.05 Å². The van der Waals surface area contributed by atoms with Gasteiger partial charge in [0.05, 0.1) is 0 Å². The Kier molecular flexibility index (Phi) is 7.87. The van der Waals surface area contributed by atoms with Crippen LogP contribution in [-0.2, 0) is 9.13 Å². The second-order valence-electron chi connectivity index (χ2n) is 4.46. The van der Waals surface area contributed by atoms with E-state index < -0.39 is 20.6 Å². The van der Waals surface area contributed by atoms with Crippen LogP contribution >= 0.6 is 15.2 Å². The third-order valence-corrected chi connectivity index (χ3v) is 6.56.